The standard InChI is InChI=1S/C23H16Cl2N4O3S/c24-18-8-6-16(10-19(18)25)13-32-22-9-7-15(11-21(22)29(30)31)12-26-28-23-27-20(14-33-23)17-4-2-1-3-5-17/h1-12,14H,13H2,(H,27,28). The van der Waals surface area contributed by atoms with E-state index in [-0.39, 0.29) is 18.0 Å². The van der Waals surface area contributed by atoms with Crippen LogP contribution in [-0.2, 0) is 6.61 Å². The number of anilines is 1. The summed E-state index contributed by atoms with van der Waals surface area (Å²) in [6.45, 7) is 0.112. The smallest absolute Gasteiger partial charge is 0.311 e. The van der Waals surface area contributed by atoms with Gasteiger partial charge < -0.3 is 4.74 Å². The van der Waals surface area contributed by atoms with Gasteiger partial charge in [0.25, 0.3) is 0 Å². The van der Waals surface area contributed by atoms with Gasteiger partial charge in [0.2, 0.25) is 5.13 Å². The Kier molecular flexibility index (Phi) is 7.19. The molecule has 0 aliphatic carbocycles. The molecule has 0 atom stereocenters. The quantitative estimate of drug-likeness (QED) is 0.159. The molecule has 1 heterocycles. The number of rotatable bonds is 8. The molecule has 1 aromatic heterocycles. The monoisotopic (exact) mass is 498 g/mol. The van der Waals surface area contributed by atoms with Gasteiger partial charge in [-0.15, -0.1) is 11.3 Å². The second-order valence-electron chi connectivity index (χ2n) is 6.80. The molecule has 0 amide bonds. The van der Waals surface area contributed by atoms with Crippen molar-refractivity contribution in [2.24, 2.45) is 5.10 Å². The third-order valence-electron chi connectivity index (χ3n) is 4.51. The lowest BCUT2D eigenvalue weighted by molar-refractivity contribution is -0.385. The molecule has 0 unspecified atom stereocenters. The van der Waals surface area contributed by atoms with E-state index < -0.39 is 4.92 Å². The third-order valence-corrected chi connectivity index (χ3v) is 5.99. The Hall–Kier alpha value is -3.46. The van der Waals surface area contributed by atoms with E-state index in [0.717, 1.165) is 16.8 Å². The van der Waals surface area contributed by atoms with E-state index in [9.17, 15) is 10.1 Å². The van der Waals surface area contributed by atoms with Crippen molar-refractivity contribution >= 4 is 51.6 Å². The SMILES string of the molecule is O=[N+]([O-])c1cc(C=NNc2nc(-c3ccccc3)cs2)ccc1OCc1ccc(Cl)c(Cl)c1. The van der Waals surface area contributed by atoms with Crippen LogP contribution in [0.2, 0.25) is 10.0 Å². The summed E-state index contributed by atoms with van der Waals surface area (Å²) in [5, 5.41) is 19.0. The van der Waals surface area contributed by atoms with E-state index >= 15 is 0 Å². The van der Waals surface area contributed by atoms with Gasteiger partial charge in [0.05, 0.1) is 26.9 Å². The molecule has 0 fully saturated rings. The van der Waals surface area contributed by atoms with E-state index in [0.29, 0.717) is 20.7 Å². The Morgan fingerprint density at radius 3 is 2.67 bits per heavy atom. The molecule has 0 bridgehead atoms. The molecule has 4 rings (SSSR count). The number of halogens is 2. The molecule has 4 aromatic rings. The van der Waals surface area contributed by atoms with Crippen molar-refractivity contribution in [2.75, 3.05) is 5.43 Å². The largest absolute Gasteiger partial charge is 0.482 e. The Morgan fingerprint density at radius 1 is 1.09 bits per heavy atom. The predicted octanol–water partition coefficient (Wildman–Crippen LogP) is 7.05. The summed E-state index contributed by atoms with van der Waals surface area (Å²) in [6.07, 6.45) is 1.49. The molecule has 0 aliphatic rings. The van der Waals surface area contributed by atoms with E-state index in [1.54, 1.807) is 24.3 Å². The Labute approximate surface area is 203 Å². The van der Waals surface area contributed by atoms with Crippen LogP contribution in [0.15, 0.2) is 77.2 Å². The van der Waals surface area contributed by atoms with Gasteiger partial charge in [0.15, 0.2) is 5.75 Å². The number of nitro groups is 1. The number of hydrazone groups is 1. The van der Waals surface area contributed by atoms with E-state index in [4.69, 9.17) is 27.9 Å². The maximum Gasteiger partial charge on any atom is 0.311 e. The number of nitrogens with zero attached hydrogens (tertiary/aromatic N) is 3. The van der Waals surface area contributed by atoms with Crippen molar-refractivity contribution in [3.8, 4) is 17.0 Å². The third kappa shape index (κ3) is 5.87. The molecule has 33 heavy (non-hydrogen) atoms. The predicted molar refractivity (Wildman–Crippen MR) is 133 cm³/mol. The number of ether oxygens (including phenoxy) is 1. The average Bonchev–Trinajstić information content (AvgIpc) is 3.30. The molecule has 7 nitrogen and oxygen atoms in total. The maximum atomic E-state index is 11.5. The summed E-state index contributed by atoms with van der Waals surface area (Å²) in [6, 6.07) is 19.5. The fraction of sp³-hybridized carbons (Fsp3) is 0.0435. The molecule has 0 spiro atoms. The van der Waals surface area contributed by atoms with Gasteiger partial charge in [-0.2, -0.15) is 5.10 Å². The number of nitro benzene ring substituents is 1. The zero-order chi connectivity index (χ0) is 23.2. The van der Waals surface area contributed by atoms with Crippen molar-refractivity contribution in [3.63, 3.8) is 0 Å². The van der Waals surface area contributed by atoms with Gasteiger partial charge in [0.1, 0.15) is 6.61 Å². The van der Waals surface area contributed by atoms with Crippen molar-refractivity contribution in [1.82, 2.24) is 4.98 Å². The highest BCUT2D eigenvalue weighted by molar-refractivity contribution is 7.14. The Balaban J connectivity index is 1.42. The lowest BCUT2D eigenvalue weighted by Gasteiger charge is -2.08. The highest BCUT2D eigenvalue weighted by Gasteiger charge is 2.16. The minimum absolute atomic E-state index is 0.112. The van der Waals surface area contributed by atoms with Crippen LogP contribution in [0.1, 0.15) is 11.1 Å². The molecule has 10 heteroatoms. The molecule has 166 valence electrons. The lowest BCUT2D eigenvalue weighted by atomic mass is 10.2. The first-order chi connectivity index (χ1) is 16.0. The van der Waals surface area contributed by atoms with E-state index in [1.165, 1.54) is 29.7 Å². The number of nitrogens with one attached hydrogen (secondary N) is 1. The normalized spacial score (nSPS) is 11.0. The number of hydrogen-bond donors (Lipinski definition) is 1. The molecule has 1 N–H and O–H groups in total. The van der Waals surface area contributed by atoms with Crippen LogP contribution >= 0.6 is 34.5 Å². The van der Waals surface area contributed by atoms with Crippen LogP contribution in [0, 0.1) is 10.1 Å². The highest BCUT2D eigenvalue weighted by atomic mass is 35.5. The van der Waals surface area contributed by atoms with Crippen LogP contribution in [0.5, 0.6) is 5.75 Å². The summed E-state index contributed by atoms with van der Waals surface area (Å²) in [5.74, 6) is 0.142. The molecule has 0 aliphatic heterocycles. The zero-order valence-corrected chi connectivity index (χ0v) is 19.3. The zero-order valence-electron chi connectivity index (χ0n) is 16.9. The van der Waals surface area contributed by atoms with Gasteiger partial charge >= 0.3 is 5.69 Å². The van der Waals surface area contributed by atoms with Crippen LogP contribution in [0.3, 0.4) is 0 Å². The van der Waals surface area contributed by atoms with Gasteiger partial charge in [-0.05, 0) is 29.8 Å². The summed E-state index contributed by atoms with van der Waals surface area (Å²) in [5.41, 5.74) is 5.83. The number of hydrogen-bond acceptors (Lipinski definition) is 7. The topological polar surface area (TPSA) is 89.7 Å². The van der Waals surface area contributed by atoms with Crippen LogP contribution in [0.25, 0.3) is 11.3 Å². The summed E-state index contributed by atoms with van der Waals surface area (Å²) >= 11 is 13.3. The first-order valence-electron chi connectivity index (χ1n) is 9.65. The summed E-state index contributed by atoms with van der Waals surface area (Å²) in [4.78, 5) is 15.5. The fourth-order valence-electron chi connectivity index (χ4n) is 2.90. The van der Waals surface area contributed by atoms with Crippen LogP contribution < -0.4 is 10.2 Å². The van der Waals surface area contributed by atoms with Crippen LogP contribution in [0.4, 0.5) is 10.8 Å². The summed E-state index contributed by atoms with van der Waals surface area (Å²) < 4.78 is 5.64. The van der Waals surface area contributed by atoms with Gasteiger partial charge in [-0.3, -0.25) is 15.5 Å². The minimum Gasteiger partial charge on any atom is -0.482 e. The molecule has 3 aromatic carbocycles. The molecule has 0 radical (unpaired) electrons. The van der Waals surface area contributed by atoms with Crippen molar-refractivity contribution in [2.45, 2.75) is 6.61 Å². The van der Waals surface area contributed by atoms with Gasteiger partial charge in [-0.1, -0.05) is 59.6 Å². The molecule has 0 saturated carbocycles. The Bertz CT molecular complexity index is 1310. The number of benzene rings is 3. The first-order valence-corrected chi connectivity index (χ1v) is 11.3. The minimum atomic E-state index is -0.498. The molecular formula is C23H16Cl2N4O3S. The van der Waals surface area contributed by atoms with Gasteiger partial charge in [-0.25, -0.2) is 4.98 Å². The number of thiazole rings is 1. The second-order valence-corrected chi connectivity index (χ2v) is 8.47. The number of aromatic nitrogens is 1. The average molecular weight is 499 g/mol. The second kappa shape index (κ2) is 10.4. The molecular weight excluding hydrogens is 483 g/mol. The van der Waals surface area contributed by atoms with E-state index in [2.05, 4.69) is 15.5 Å². The molecule has 0 saturated heterocycles. The van der Waals surface area contributed by atoms with Gasteiger partial charge in [0, 0.05) is 22.6 Å². The van der Waals surface area contributed by atoms with E-state index in [1.807, 2.05) is 35.7 Å². The first kappa shape index (κ1) is 22.7. The summed E-state index contributed by atoms with van der Waals surface area (Å²) in [7, 11) is 0. The van der Waals surface area contributed by atoms with Crippen molar-refractivity contribution in [3.05, 3.63) is 103 Å². The van der Waals surface area contributed by atoms with Crippen LogP contribution in [-0.4, -0.2) is 16.1 Å². The van der Waals surface area contributed by atoms with Crippen molar-refractivity contribution in [1.29, 1.82) is 0 Å². The maximum absolute atomic E-state index is 11.5. The highest BCUT2D eigenvalue weighted by Crippen LogP contribution is 2.30. The lowest BCUT2D eigenvalue weighted by Crippen LogP contribution is -2.00. The van der Waals surface area contributed by atoms with Crippen molar-refractivity contribution < 1.29 is 9.66 Å². The fourth-order valence-corrected chi connectivity index (χ4v) is 3.89. The Morgan fingerprint density at radius 2 is 1.91 bits per heavy atom.